The molecule has 3 atom stereocenters. The van der Waals surface area contributed by atoms with Crippen LogP contribution in [0.2, 0.25) is 0 Å². The van der Waals surface area contributed by atoms with Crippen LogP contribution in [0, 0.1) is 17.8 Å². The van der Waals surface area contributed by atoms with Gasteiger partial charge in [-0.15, -0.1) is 0 Å². The minimum Gasteiger partial charge on any atom is -0.354 e. The Labute approximate surface area is 145 Å². The van der Waals surface area contributed by atoms with Gasteiger partial charge in [0.2, 0.25) is 11.8 Å². The summed E-state index contributed by atoms with van der Waals surface area (Å²) in [6.45, 7) is 1.83. The molecule has 0 spiro atoms. The summed E-state index contributed by atoms with van der Waals surface area (Å²) in [6.07, 6.45) is 11.5. The van der Waals surface area contributed by atoms with Crippen molar-refractivity contribution in [1.82, 2.24) is 10.2 Å². The smallest absolute Gasteiger partial charge is 0.226 e. The average Bonchev–Trinajstić information content (AvgIpc) is 3.41. The lowest BCUT2D eigenvalue weighted by molar-refractivity contribution is -0.137. The molecule has 3 N–H and O–H groups in total. The highest BCUT2D eigenvalue weighted by molar-refractivity contribution is 5.82. The van der Waals surface area contributed by atoms with Gasteiger partial charge in [-0.2, -0.15) is 0 Å². The summed E-state index contributed by atoms with van der Waals surface area (Å²) in [5.74, 6) is 2.08. The Morgan fingerprint density at radius 1 is 1.04 bits per heavy atom. The van der Waals surface area contributed by atoms with Crippen LogP contribution in [0.1, 0.15) is 64.2 Å². The van der Waals surface area contributed by atoms with Crippen LogP contribution in [0.25, 0.3) is 0 Å². The van der Waals surface area contributed by atoms with Crippen molar-refractivity contribution >= 4 is 11.8 Å². The summed E-state index contributed by atoms with van der Waals surface area (Å²) in [5, 5.41) is 2.96. The zero-order valence-electron chi connectivity index (χ0n) is 14.8. The first-order valence-electron chi connectivity index (χ1n) is 9.98. The van der Waals surface area contributed by atoms with Gasteiger partial charge in [-0.05, 0) is 37.5 Å². The van der Waals surface area contributed by atoms with Gasteiger partial charge in [-0.1, -0.05) is 32.1 Å². The molecule has 24 heavy (non-hydrogen) atoms. The third kappa shape index (κ3) is 4.29. The number of nitrogens with two attached hydrogens (primary N) is 1. The van der Waals surface area contributed by atoms with Gasteiger partial charge in [-0.25, -0.2) is 0 Å². The van der Waals surface area contributed by atoms with Gasteiger partial charge in [0.1, 0.15) is 0 Å². The molecule has 1 saturated heterocycles. The summed E-state index contributed by atoms with van der Waals surface area (Å²) in [7, 11) is 0. The zero-order valence-corrected chi connectivity index (χ0v) is 14.8. The normalized spacial score (nSPS) is 30.9. The second kappa shape index (κ2) is 8.32. The summed E-state index contributed by atoms with van der Waals surface area (Å²) in [5.41, 5.74) is 5.42. The molecule has 2 saturated carbocycles. The predicted molar refractivity (Wildman–Crippen MR) is 94.2 cm³/mol. The lowest BCUT2D eigenvalue weighted by Crippen LogP contribution is -2.50. The summed E-state index contributed by atoms with van der Waals surface area (Å²) < 4.78 is 0. The van der Waals surface area contributed by atoms with E-state index in [1.807, 2.05) is 0 Å². The molecular weight excluding hydrogens is 302 g/mol. The van der Waals surface area contributed by atoms with E-state index in [2.05, 4.69) is 10.2 Å². The van der Waals surface area contributed by atoms with E-state index in [-0.39, 0.29) is 17.9 Å². The number of rotatable bonds is 6. The fourth-order valence-corrected chi connectivity index (χ4v) is 4.75. The van der Waals surface area contributed by atoms with Crippen molar-refractivity contribution in [3.63, 3.8) is 0 Å². The number of piperidine rings is 1. The Kier molecular flexibility index (Phi) is 6.14. The van der Waals surface area contributed by atoms with Crippen LogP contribution in [0.4, 0.5) is 0 Å². The average molecular weight is 335 g/mol. The number of nitrogens with zero attached hydrogens (tertiary/aromatic N) is 1. The van der Waals surface area contributed by atoms with Crippen LogP contribution in [0.5, 0.6) is 0 Å². The van der Waals surface area contributed by atoms with Gasteiger partial charge in [0.25, 0.3) is 0 Å². The Morgan fingerprint density at radius 3 is 2.54 bits per heavy atom. The quantitative estimate of drug-likeness (QED) is 0.780. The van der Waals surface area contributed by atoms with Gasteiger partial charge < -0.3 is 16.0 Å². The maximum absolute atomic E-state index is 13.0. The van der Waals surface area contributed by atoms with Gasteiger partial charge in [0, 0.05) is 38.0 Å². The molecule has 136 valence electrons. The van der Waals surface area contributed by atoms with Crippen LogP contribution >= 0.6 is 0 Å². The minimum absolute atomic E-state index is 0.00183. The minimum atomic E-state index is 0.00183. The number of hydrogen-bond donors (Lipinski definition) is 2. The molecule has 1 aliphatic heterocycles. The third-order valence-electron chi connectivity index (χ3n) is 6.23. The molecule has 0 radical (unpaired) electrons. The molecule has 3 unspecified atom stereocenters. The van der Waals surface area contributed by atoms with Crippen LogP contribution < -0.4 is 11.1 Å². The molecule has 2 aliphatic carbocycles. The van der Waals surface area contributed by atoms with Crippen molar-refractivity contribution in [3.05, 3.63) is 0 Å². The highest BCUT2D eigenvalue weighted by Gasteiger charge is 2.49. The van der Waals surface area contributed by atoms with Crippen molar-refractivity contribution in [1.29, 1.82) is 0 Å². The zero-order chi connectivity index (χ0) is 16.9. The van der Waals surface area contributed by atoms with Crippen LogP contribution in [0.3, 0.4) is 0 Å². The van der Waals surface area contributed by atoms with Crippen LogP contribution in [-0.4, -0.2) is 42.4 Å². The number of hydrogen-bond acceptors (Lipinski definition) is 3. The van der Waals surface area contributed by atoms with Crippen molar-refractivity contribution in [3.8, 4) is 0 Å². The Balaban J connectivity index is 1.51. The molecule has 3 aliphatic rings. The van der Waals surface area contributed by atoms with E-state index in [0.717, 1.165) is 38.1 Å². The number of nitrogens with one attached hydrogen (secondary N) is 1. The molecule has 3 fully saturated rings. The van der Waals surface area contributed by atoms with E-state index < -0.39 is 0 Å². The first-order chi connectivity index (χ1) is 11.7. The van der Waals surface area contributed by atoms with E-state index in [4.69, 9.17) is 5.73 Å². The van der Waals surface area contributed by atoms with Crippen LogP contribution in [0.15, 0.2) is 0 Å². The van der Waals surface area contributed by atoms with Crippen LogP contribution in [-0.2, 0) is 9.59 Å². The van der Waals surface area contributed by atoms with Crippen molar-refractivity contribution in [2.75, 3.05) is 19.6 Å². The lowest BCUT2D eigenvalue weighted by atomic mass is 9.85. The second-order valence-electron chi connectivity index (χ2n) is 7.93. The molecule has 0 aromatic carbocycles. The second-order valence-corrected chi connectivity index (χ2v) is 7.93. The molecule has 0 aromatic heterocycles. The molecule has 3 rings (SSSR count). The van der Waals surface area contributed by atoms with E-state index in [0.29, 0.717) is 31.3 Å². The van der Waals surface area contributed by atoms with Gasteiger partial charge in [-0.3, -0.25) is 9.59 Å². The van der Waals surface area contributed by atoms with Crippen molar-refractivity contribution in [2.45, 2.75) is 70.3 Å². The number of likely N-dealkylation sites (tertiary alicyclic amines) is 1. The fraction of sp³-hybridized carbons (Fsp3) is 0.895. The summed E-state index contributed by atoms with van der Waals surface area (Å²) >= 11 is 0. The number of amides is 2. The molecule has 5 heteroatoms. The first-order valence-corrected chi connectivity index (χ1v) is 9.98. The van der Waals surface area contributed by atoms with Crippen molar-refractivity contribution < 1.29 is 9.59 Å². The summed E-state index contributed by atoms with van der Waals surface area (Å²) in [4.78, 5) is 26.7. The maximum Gasteiger partial charge on any atom is 0.226 e. The van der Waals surface area contributed by atoms with Gasteiger partial charge in [0.15, 0.2) is 0 Å². The summed E-state index contributed by atoms with van der Waals surface area (Å²) in [6, 6.07) is 0.181. The number of carbonyl (C=O) groups excluding carboxylic acids is 2. The van der Waals surface area contributed by atoms with E-state index in [9.17, 15) is 9.59 Å². The molecule has 0 aromatic rings. The molecule has 5 nitrogen and oxygen atoms in total. The monoisotopic (exact) mass is 335 g/mol. The lowest BCUT2D eigenvalue weighted by Gasteiger charge is -2.36. The predicted octanol–water partition coefficient (Wildman–Crippen LogP) is 2.05. The fourth-order valence-electron chi connectivity index (χ4n) is 4.75. The molecular formula is C19H33N3O2. The van der Waals surface area contributed by atoms with Crippen molar-refractivity contribution in [2.24, 2.45) is 23.5 Å². The Bertz CT molecular complexity index is 448. The van der Waals surface area contributed by atoms with E-state index in [1.54, 1.807) is 0 Å². The largest absolute Gasteiger partial charge is 0.354 e. The van der Waals surface area contributed by atoms with E-state index in [1.165, 1.54) is 32.1 Å². The van der Waals surface area contributed by atoms with E-state index >= 15 is 0 Å². The topological polar surface area (TPSA) is 75.4 Å². The standard InChI is InChI=1S/C19H33N3O2/c20-10-9-18(23)21-13-15-8-4-5-11-22(15)19(24)17-12-16(17)14-6-2-1-3-7-14/h14-17H,1-13,20H2,(H,21,23). The maximum atomic E-state index is 13.0. The molecule has 0 bridgehead atoms. The van der Waals surface area contributed by atoms with Gasteiger partial charge >= 0.3 is 0 Å². The first kappa shape index (κ1) is 17.7. The molecule has 1 heterocycles. The third-order valence-corrected chi connectivity index (χ3v) is 6.23. The molecule has 2 amide bonds. The SMILES string of the molecule is NCCC(=O)NCC1CCCCN1C(=O)C1CC1C1CCCCC1. The number of carbonyl (C=O) groups is 2. The highest BCUT2D eigenvalue weighted by atomic mass is 16.2. The van der Waals surface area contributed by atoms with Gasteiger partial charge in [0.05, 0.1) is 0 Å². The Hall–Kier alpha value is -1.10. The Morgan fingerprint density at radius 2 is 1.79 bits per heavy atom. The highest BCUT2D eigenvalue weighted by Crippen LogP contribution is 2.50.